The van der Waals surface area contributed by atoms with Gasteiger partial charge < -0.3 is 14.0 Å². The number of hydrogen-bond acceptors (Lipinski definition) is 4. The topological polar surface area (TPSA) is 76.5 Å². The number of rotatable bonds is 2. The molecule has 0 spiro atoms. The van der Waals surface area contributed by atoms with Gasteiger partial charge in [0.25, 0.3) is 5.76 Å². The second-order valence-corrected chi connectivity index (χ2v) is 3.95. The molecule has 0 amide bonds. The minimum atomic E-state index is -1.13. The van der Waals surface area contributed by atoms with E-state index in [0.717, 1.165) is 16.5 Å². The molecule has 90 valence electrons. The molecule has 5 heteroatoms. The van der Waals surface area contributed by atoms with E-state index in [0.29, 0.717) is 11.3 Å². The summed E-state index contributed by atoms with van der Waals surface area (Å²) in [4.78, 5) is 11.1. The van der Waals surface area contributed by atoms with Crippen LogP contribution in [-0.4, -0.2) is 16.2 Å². The fourth-order valence-electron chi connectivity index (χ4n) is 1.98. The monoisotopic (exact) mass is 243 g/mol. The molecular formula is C13H9NO4. The van der Waals surface area contributed by atoms with E-state index >= 15 is 0 Å². The number of furan rings is 1. The van der Waals surface area contributed by atoms with Crippen LogP contribution in [0.5, 0.6) is 0 Å². The van der Waals surface area contributed by atoms with Crippen LogP contribution in [0.1, 0.15) is 16.2 Å². The predicted octanol–water partition coefficient (Wildman–Crippen LogP) is 3.09. The molecule has 1 aromatic carbocycles. The van der Waals surface area contributed by atoms with Crippen molar-refractivity contribution >= 4 is 16.9 Å². The van der Waals surface area contributed by atoms with Crippen molar-refractivity contribution in [2.24, 2.45) is 0 Å². The molecule has 0 unspecified atom stereocenters. The zero-order chi connectivity index (χ0) is 12.7. The molecule has 0 atom stereocenters. The molecule has 0 bridgehead atoms. The predicted molar refractivity (Wildman–Crippen MR) is 63.4 cm³/mol. The molecular weight excluding hydrogens is 234 g/mol. The maximum Gasteiger partial charge on any atom is 0.375 e. The van der Waals surface area contributed by atoms with E-state index in [2.05, 4.69) is 5.16 Å². The molecule has 0 aliphatic heterocycles. The molecule has 5 nitrogen and oxygen atoms in total. The second kappa shape index (κ2) is 3.73. The largest absolute Gasteiger partial charge is 0.475 e. The smallest absolute Gasteiger partial charge is 0.375 e. The third kappa shape index (κ3) is 1.48. The van der Waals surface area contributed by atoms with Crippen LogP contribution in [0.3, 0.4) is 0 Å². The molecule has 2 aromatic heterocycles. The molecule has 3 aromatic rings. The number of carboxylic acids is 1. The van der Waals surface area contributed by atoms with Crippen LogP contribution in [0.25, 0.3) is 22.1 Å². The van der Waals surface area contributed by atoms with Gasteiger partial charge in [-0.3, -0.25) is 0 Å². The van der Waals surface area contributed by atoms with E-state index in [1.807, 2.05) is 12.1 Å². The maximum atomic E-state index is 11.1. The standard InChI is InChI=1S/C13H9NO4/c1-7-11(12(13(15)16)18-14-7)9-2-3-10-8(6-9)4-5-17-10/h2-6H,1H3,(H,15,16). The van der Waals surface area contributed by atoms with Gasteiger partial charge in [-0.25, -0.2) is 4.79 Å². The second-order valence-electron chi connectivity index (χ2n) is 3.95. The van der Waals surface area contributed by atoms with E-state index in [1.54, 1.807) is 25.3 Å². The van der Waals surface area contributed by atoms with Gasteiger partial charge >= 0.3 is 5.97 Å². The van der Waals surface area contributed by atoms with Gasteiger partial charge in [0.05, 0.1) is 17.5 Å². The molecule has 1 N–H and O–H groups in total. The van der Waals surface area contributed by atoms with Gasteiger partial charge in [-0.2, -0.15) is 0 Å². The van der Waals surface area contributed by atoms with E-state index in [9.17, 15) is 4.79 Å². The third-order valence-corrected chi connectivity index (χ3v) is 2.80. The Labute approximate surface area is 102 Å². The number of aromatic carboxylic acids is 1. The first-order valence-electron chi connectivity index (χ1n) is 5.34. The molecule has 0 saturated heterocycles. The van der Waals surface area contributed by atoms with Crippen LogP contribution in [0.4, 0.5) is 0 Å². The lowest BCUT2D eigenvalue weighted by Gasteiger charge is -2.00. The summed E-state index contributed by atoms with van der Waals surface area (Å²) in [5.41, 5.74) is 2.56. The first kappa shape index (κ1) is 10.6. The van der Waals surface area contributed by atoms with Gasteiger partial charge in [-0.1, -0.05) is 11.2 Å². The lowest BCUT2D eigenvalue weighted by Crippen LogP contribution is -1.96. The number of aromatic nitrogens is 1. The highest BCUT2D eigenvalue weighted by Crippen LogP contribution is 2.30. The molecule has 0 saturated carbocycles. The van der Waals surface area contributed by atoms with Crippen LogP contribution in [0, 0.1) is 6.92 Å². The van der Waals surface area contributed by atoms with Crippen molar-refractivity contribution in [1.82, 2.24) is 5.16 Å². The molecule has 0 fully saturated rings. The Kier molecular flexibility index (Phi) is 2.19. The van der Waals surface area contributed by atoms with Crippen LogP contribution >= 0.6 is 0 Å². The summed E-state index contributed by atoms with van der Waals surface area (Å²) in [5.74, 6) is -1.27. The van der Waals surface area contributed by atoms with E-state index in [-0.39, 0.29) is 5.76 Å². The number of benzene rings is 1. The average Bonchev–Trinajstić information content (AvgIpc) is 2.93. The molecule has 2 heterocycles. The first-order chi connectivity index (χ1) is 8.66. The lowest BCUT2D eigenvalue weighted by molar-refractivity contribution is 0.0653. The minimum Gasteiger partial charge on any atom is -0.475 e. The minimum absolute atomic E-state index is 0.143. The summed E-state index contributed by atoms with van der Waals surface area (Å²) in [6.45, 7) is 1.71. The quantitative estimate of drug-likeness (QED) is 0.748. The van der Waals surface area contributed by atoms with Gasteiger partial charge in [-0.15, -0.1) is 0 Å². The van der Waals surface area contributed by atoms with Crippen LogP contribution in [0.2, 0.25) is 0 Å². The summed E-state index contributed by atoms with van der Waals surface area (Å²) in [6, 6.07) is 7.26. The van der Waals surface area contributed by atoms with Crippen molar-refractivity contribution in [2.75, 3.05) is 0 Å². The van der Waals surface area contributed by atoms with Crippen LogP contribution < -0.4 is 0 Å². The number of aryl methyl sites for hydroxylation is 1. The lowest BCUT2D eigenvalue weighted by atomic mass is 10.0. The third-order valence-electron chi connectivity index (χ3n) is 2.80. The Balaban J connectivity index is 2.24. The number of nitrogens with zero attached hydrogens (tertiary/aromatic N) is 1. The van der Waals surface area contributed by atoms with Crippen molar-refractivity contribution in [2.45, 2.75) is 6.92 Å². The fourth-order valence-corrected chi connectivity index (χ4v) is 1.98. The Morgan fingerprint density at radius 3 is 2.94 bits per heavy atom. The SMILES string of the molecule is Cc1noc(C(=O)O)c1-c1ccc2occc2c1. The maximum absolute atomic E-state index is 11.1. The number of hydrogen-bond donors (Lipinski definition) is 1. The summed E-state index contributed by atoms with van der Waals surface area (Å²) in [5, 5.41) is 13.7. The number of fused-ring (bicyclic) bond motifs is 1. The van der Waals surface area contributed by atoms with Crippen molar-refractivity contribution in [1.29, 1.82) is 0 Å². The van der Waals surface area contributed by atoms with E-state index in [4.69, 9.17) is 14.0 Å². The Morgan fingerprint density at radius 1 is 1.33 bits per heavy atom. The molecule has 18 heavy (non-hydrogen) atoms. The molecule has 0 radical (unpaired) electrons. The summed E-state index contributed by atoms with van der Waals surface area (Å²) >= 11 is 0. The van der Waals surface area contributed by atoms with Crippen LogP contribution in [0.15, 0.2) is 39.5 Å². The Bertz CT molecular complexity index is 738. The zero-order valence-corrected chi connectivity index (χ0v) is 9.51. The van der Waals surface area contributed by atoms with Crippen LogP contribution in [-0.2, 0) is 0 Å². The number of carboxylic acid groups (broad SMARTS) is 1. The van der Waals surface area contributed by atoms with Gasteiger partial charge in [-0.05, 0) is 30.7 Å². The summed E-state index contributed by atoms with van der Waals surface area (Å²) < 4.78 is 10.1. The molecule has 0 aliphatic carbocycles. The molecule has 3 rings (SSSR count). The zero-order valence-electron chi connectivity index (χ0n) is 9.51. The summed E-state index contributed by atoms with van der Waals surface area (Å²) in [7, 11) is 0. The van der Waals surface area contributed by atoms with Crippen molar-refractivity contribution < 1.29 is 18.8 Å². The van der Waals surface area contributed by atoms with Gasteiger partial charge in [0.1, 0.15) is 5.58 Å². The normalized spacial score (nSPS) is 10.9. The van der Waals surface area contributed by atoms with Gasteiger partial charge in [0, 0.05) is 5.39 Å². The van der Waals surface area contributed by atoms with Crippen molar-refractivity contribution in [3.63, 3.8) is 0 Å². The van der Waals surface area contributed by atoms with E-state index in [1.165, 1.54) is 0 Å². The van der Waals surface area contributed by atoms with Gasteiger partial charge in [0.2, 0.25) is 0 Å². The molecule has 0 aliphatic rings. The van der Waals surface area contributed by atoms with Crippen molar-refractivity contribution in [3.05, 3.63) is 42.0 Å². The summed E-state index contributed by atoms with van der Waals surface area (Å²) in [6.07, 6.45) is 1.59. The highest BCUT2D eigenvalue weighted by Gasteiger charge is 2.21. The highest BCUT2D eigenvalue weighted by molar-refractivity contribution is 5.95. The van der Waals surface area contributed by atoms with Gasteiger partial charge in [0.15, 0.2) is 0 Å². The number of carbonyl (C=O) groups is 1. The Hall–Kier alpha value is -2.56. The van der Waals surface area contributed by atoms with Crippen molar-refractivity contribution in [3.8, 4) is 11.1 Å². The Morgan fingerprint density at radius 2 is 2.17 bits per heavy atom. The first-order valence-corrected chi connectivity index (χ1v) is 5.34. The average molecular weight is 243 g/mol. The highest BCUT2D eigenvalue weighted by atomic mass is 16.5. The fraction of sp³-hybridized carbons (Fsp3) is 0.0769. The van der Waals surface area contributed by atoms with E-state index < -0.39 is 5.97 Å².